The lowest BCUT2D eigenvalue weighted by Crippen LogP contribution is -2.42. The Morgan fingerprint density at radius 3 is 2.16 bits per heavy atom. The van der Waals surface area contributed by atoms with Gasteiger partial charge in [-0.3, -0.25) is 19.1 Å². The molecule has 1 aromatic carbocycles. The minimum Gasteiger partial charge on any atom is -0.496 e. The maximum absolute atomic E-state index is 13.6. The first-order chi connectivity index (χ1) is 17.5. The van der Waals surface area contributed by atoms with Crippen molar-refractivity contribution in [2.45, 2.75) is 53.1 Å². The fraction of sp³-hybridized carbons (Fsp3) is 0.556. The number of benzene rings is 1. The molecule has 1 unspecified atom stereocenters. The van der Waals surface area contributed by atoms with Gasteiger partial charge in [-0.25, -0.2) is 0 Å². The van der Waals surface area contributed by atoms with Gasteiger partial charge in [0.1, 0.15) is 18.0 Å². The molecule has 2 aromatic rings. The summed E-state index contributed by atoms with van der Waals surface area (Å²) in [5, 5.41) is 7.22. The summed E-state index contributed by atoms with van der Waals surface area (Å²) in [6, 6.07) is 6.87. The minimum atomic E-state index is -0.534. The topological polar surface area (TPSA) is 112 Å². The van der Waals surface area contributed by atoms with Crippen LogP contribution in [0.1, 0.15) is 51.0 Å². The highest BCUT2D eigenvalue weighted by atomic mass is 16.5. The van der Waals surface area contributed by atoms with Crippen LogP contribution in [0.4, 0.5) is 0 Å². The molecule has 0 radical (unpaired) electrons. The second kappa shape index (κ2) is 13.7. The van der Waals surface area contributed by atoms with Crippen molar-refractivity contribution in [3.63, 3.8) is 0 Å². The van der Waals surface area contributed by atoms with Crippen molar-refractivity contribution < 1.29 is 28.6 Å². The molecular weight excluding hydrogens is 476 g/mol. The number of nitrogens with one attached hydrogen (secondary N) is 1. The monoisotopic (exact) mass is 516 g/mol. The van der Waals surface area contributed by atoms with Gasteiger partial charge < -0.3 is 24.4 Å². The van der Waals surface area contributed by atoms with E-state index in [1.54, 1.807) is 36.9 Å². The van der Waals surface area contributed by atoms with Crippen molar-refractivity contribution in [2.24, 2.45) is 11.8 Å². The third-order valence-electron chi connectivity index (χ3n) is 5.91. The van der Waals surface area contributed by atoms with Gasteiger partial charge in [-0.05, 0) is 36.5 Å². The van der Waals surface area contributed by atoms with Gasteiger partial charge >= 0.3 is 5.97 Å². The molecule has 10 heteroatoms. The van der Waals surface area contributed by atoms with E-state index in [9.17, 15) is 14.4 Å². The molecule has 0 aliphatic heterocycles. The molecule has 10 nitrogen and oxygen atoms in total. The van der Waals surface area contributed by atoms with E-state index in [1.165, 1.54) is 7.11 Å². The molecule has 2 rings (SSSR count). The minimum absolute atomic E-state index is 0.0529. The lowest BCUT2D eigenvalue weighted by molar-refractivity contribution is -0.141. The summed E-state index contributed by atoms with van der Waals surface area (Å²) in [6.07, 6.45) is 0.658. The predicted molar refractivity (Wildman–Crippen MR) is 141 cm³/mol. The van der Waals surface area contributed by atoms with E-state index in [0.717, 1.165) is 0 Å². The summed E-state index contributed by atoms with van der Waals surface area (Å²) < 4.78 is 17.6. The number of amides is 2. The van der Waals surface area contributed by atoms with Crippen LogP contribution in [0.5, 0.6) is 11.5 Å². The Balaban J connectivity index is 2.42. The van der Waals surface area contributed by atoms with E-state index >= 15 is 0 Å². The van der Waals surface area contributed by atoms with Gasteiger partial charge in [0, 0.05) is 26.1 Å². The van der Waals surface area contributed by atoms with Gasteiger partial charge in [-0.2, -0.15) is 5.10 Å². The van der Waals surface area contributed by atoms with Crippen molar-refractivity contribution in [2.75, 3.05) is 34.9 Å². The van der Waals surface area contributed by atoms with Gasteiger partial charge in [-0.1, -0.05) is 33.8 Å². The molecule has 2 amide bonds. The van der Waals surface area contributed by atoms with Crippen LogP contribution in [0, 0.1) is 11.8 Å². The van der Waals surface area contributed by atoms with Crippen LogP contribution in [0.3, 0.4) is 0 Å². The van der Waals surface area contributed by atoms with Crippen LogP contribution in [-0.4, -0.2) is 73.4 Å². The Morgan fingerprint density at radius 1 is 1.03 bits per heavy atom. The van der Waals surface area contributed by atoms with Crippen LogP contribution in [0.2, 0.25) is 0 Å². The van der Waals surface area contributed by atoms with Crippen molar-refractivity contribution in [3.05, 3.63) is 30.0 Å². The van der Waals surface area contributed by atoms with Crippen LogP contribution in [0.25, 0.3) is 11.3 Å². The van der Waals surface area contributed by atoms with Crippen molar-refractivity contribution in [1.29, 1.82) is 0 Å². The highest BCUT2D eigenvalue weighted by Gasteiger charge is 2.28. The average molecular weight is 517 g/mol. The van der Waals surface area contributed by atoms with E-state index in [2.05, 4.69) is 29.0 Å². The third-order valence-corrected chi connectivity index (χ3v) is 5.91. The molecule has 0 saturated heterocycles. The van der Waals surface area contributed by atoms with Crippen molar-refractivity contribution in [1.82, 2.24) is 20.0 Å². The number of nitrogens with zero attached hydrogens (tertiary/aromatic N) is 3. The summed E-state index contributed by atoms with van der Waals surface area (Å²) in [5.41, 5.74) is 1.68. The summed E-state index contributed by atoms with van der Waals surface area (Å²) in [5.74, 6) is 0.554. The zero-order valence-electron chi connectivity index (χ0n) is 23.2. The lowest BCUT2D eigenvalue weighted by atomic mass is 9.99. The SMILES string of the molecule is COC(=O)CNC(=O)CC(CC(C)C)N(C)C(=O)c1cc(-c2c(OC)cccc2OC)n(CC(C)C)n1. The number of hydrogen-bond donors (Lipinski definition) is 1. The normalized spacial score (nSPS) is 11.8. The Bertz CT molecular complexity index is 1060. The number of ether oxygens (including phenoxy) is 3. The lowest BCUT2D eigenvalue weighted by Gasteiger charge is -2.28. The molecule has 0 bridgehead atoms. The zero-order valence-corrected chi connectivity index (χ0v) is 23.2. The molecule has 1 aromatic heterocycles. The molecule has 37 heavy (non-hydrogen) atoms. The molecule has 0 saturated carbocycles. The van der Waals surface area contributed by atoms with Gasteiger partial charge in [0.15, 0.2) is 5.69 Å². The fourth-order valence-electron chi connectivity index (χ4n) is 4.11. The van der Waals surface area contributed by atoms with Gasteiger partial charge in [0.25, 0.3) is 5.91 Å². The molecule has 0 aliphatic carbocycles. The number of carbonyl (C=O) groups is 3. The van der Waals surface area contributed by atoms with E-state index in [1.807, 2.05) is 32.0 Å². The Kier molecular flexibility index (Phi) is 11.0. The number of aromatic nitrogens is 2. The van der Waals surface area contributed by atoms with Crippen LogP contribution in [-0.2, 0) is 20.9 Å². The molecule has 204 valence electrons. The Labute approximate surface area is 219 Å². The third kappa shape index (κ3) is 7.96. The number of carbonyl (C=O) groups excluding carboxylic acids is 3. The van der Waals surface area contributed by atoms with Crippen LogP contribution < -0.4 is 14.8 Å². The quantitative estimate of drug-likeness (QED) is 0.406. The van der Waals surface area contributed by atoms with Crippen molar-refractivity contribution in [3.8, 4) is 22.8 Å². The standard InChI is InChI=1S/C27H40N4O6/c1-17(2)12-19(13-24(32)28-15-25(33)37-8)30(5)27(34)20-14-21(31(29-20)16-18(3)4)26-22(35-6)10-9-11-23(26)36-7/h9-11,14,17-19H,12-13,15-16H2,1-8H3,(H,28,32). The highest BCUT2D eigenvalue weighted by Crippen LogP contribution is 2.39. The molecule has 0 spiro atoms. The van der Waals surface area contributed by atoms with Gasteiger partial charge in [0.2, 0.25) is 5.91 Å². The maximum Gasteiger partial charge on any atom is 0.325 e. The highest BCUT2D eigenvalue weighted by molar-refractivity contribution is 5.94. The smallest absolute Gasteiger partial charge is 0.325 e. The molecular formula is C27H40N4O6. The summed E-state index contributed by atoms with van der Waals surface area (Å²) >= 11 is 0. The first-order valence-corrected chi connectivity index (χ1v) is 12.4. The second-order valence-corrected chi connectivity index (χ2v) is 9.78. The molecule has 1 atom stereocenters. The molecule has 0 fully saturated rings. The Hall–Kier alpha value is -3.56. The zero-order chi connectivity index (χ0) is 27.7. The summed E-state index contributed by atoms with van der Waals surface area (Å²) in [7, 11) is 6.11. The summed E-state index contributed by atoms with van der Waals surface area (Å²) in [4.78, 5) is 39.1. The van der Waals surface area contributed by atoms with E-state index in [4.69, 9.17) is 9.47 Å². The number of methoxy groups -OCH3 is 3. The number of rotatable bonds is 13. The summed E-state index contributed by atoms with van der Waals surface area (Å²) in [6.45, 7) is 8.57. The first kappa shape index (κ1) is 29.7. The van der Waals surface area contributed by atoms with E-state index in [-0.39, 0.29) is 48.4 Å². The van der Waals surface area contributed by atoms with Crippen molar-refractivity contribution >= 4 is 17.8 Å². The molecule has 0 aliphatic rings. The van der Waals surface area contributed by atoms with Crippen LogP contribution >= 0.6 is 0 Å². The predicted octanol–water partition coefficient (Wildman–Crippen LogP) is 3.39. The molecule has 1 N–H and O–H groups in total. The maximum atomic E-state index is 13.6. The Morgan fingerprint density at radius 2 is 1.65 bits per heavy atom. The number of hydrogen-bond acceptors (Lipinski definition) is 7. The largest absolute Gasteiger partial charge is 0.496 e. The fourth-order valence-corrected chi connectivity index (χ4v) is 4.11. The van der Waals surface area contributed by atoms with E-state index in [0.29, 0.717) is 35.7 Å². The molecule has 1 heterocycles. The second-order valence-electron chi connectivity index (χ2n) is 9.78. The van der Waals surface area contributed by atoms with Gasteiger partial charge in [0.05, 0.1) is 32.6 Å². The average Bonchev–Trinajstić information content (AvgIpc) is 3.27. The number of esters is 1. The van der Waals surface area contributed by atoms with Crippen LogP contribution in [0.15, 0.2) is 24.3 Å². The first-order valence-electron chi connectivity index (χ1n) is 12.4. The van der Waals surface area contributed by atoms with Gasteiger partial charge in [-0.15, -0.1) is 0 Å². The van der Waals surface area contributed by atoms with E-state index < -0.39 is 5.97 Å².